The number of sulfonamides is 1. The standard InChI is InChI=1S/C22H26N4O3S2/c1-16-5-3-6-18(13-16)14-26-20(10-11-23-26)24-22(27)19-7-4-12-25(15-19)31(28,29)21-9-8-17(2)30-21/h3,5-6,8-11,13,19H,4,7,12,14-15H2,1-2H3,(H,24,27). The van der Waals surface area contributed by atoms with Gasteiger partial charge in [-0.15, -0.1) is 11.3 Å². The Morgan fingerprint density at radius 2 is 2.06 bits per heavy atom. The van der Waals surface area contributed by atoms with Gasteiger partial charge in [0.1, 0.15) is 10.0 Å². The summed E-state index contributed by atoms with van der Waals surface area (Å²) < 4.78 is 29.4. The Morgan fingerprint density at radius 3 is 2.81 bits per heavy atom. The van der Waals surface area contributed by atoms with E-state index in [1.807, 2.05) is 32.0 Å². The minimum Gasteiger partial charge on any atom is -0.311 e. The van der Waals surface area contributed by atoms with Gasteiger partial charge in [0.2, 0.25) is 5.91 Å². The van der Waals surface area contributed by atoms with Crippen molar-refractivity contribution in [2.45, 2.75) is 37.4 Å². The lowest BCUT2D eigenvalue weighted by Crippen LogP contribution is -2.43. The normalized spacial score (nSPS) is 17.5. The number of nitrogens with zero attached hydrogens (tertiary/aromatic N) is 3. The summed E-state index contributed by atoms with van der Waals surface area (Å²) in [6, 6.07) is 13.4. The van der Waals surface area contributed by atoms with Crippen LogP contribution in [-0.4, -0.2) is 41.5 Å². The highest BCUT2D eigenvalue weighted by Gasteiger charge is 2.34. The van der Waals surface area contributed by atoms with Crippen LogP contribution in [0, 0.1) is 19.8 Å². The van der Waals surface area contributed by atoms with Crippen LogP contribution in [-0.2, 0) is 21.4 Å². The Bertz CT molecular complexity index is 1180. The molecule has 3 aromatic rings. The fourth-order valence-electron chi connectivity index (χ4n) is 3.83. The number of nitrogens with one attached hydrogen (secondary N) is 1. The molecular formula is C22H26N4O3S2. The molecule has 9 heteroatoms. The molecule has 2 aromatic heterocycles. The lowest BCUT2D eigenvalue weighted by Gasteiger charge is -2.30. The second-order valence-corrected chi connectivity index (χ2v) is 11.4. The Kier molecular flexibility index (Phi) is 6.27. The van der Waals surface area contributed by atoms with E-state index in [-0.39, 0.29) is 12.5 Å². The molecule has 1 amide bonds. The summed E-state index contributed by atoms with van der Waals surface area (Å²) in [5.74, 6) is 0.0422. The van der Waals surface area contributed by atoms with Gasteiger partial charge in [0.25, 0.3) is 10.0 Å². The van der Waals surface area contributed by atoms with E-state index in [4.69, 9.17) is 0 Å². The average Bonchev–Trinajstić information content (AvgIpc) is 3.37. The summed E-state index contributed by atoms with van der Waals surface area (Å²) in [6.07, 6.45) is 2.97. The predicted octanol–water partition coefficient (Wildman–Crippen LogP) is 3.65. The lowest BCUT2D eigenvalue weighted by atomic mass is 9.99. The van der Waals surface area contributed by atoms with Gasteiger partial charge >= 0.3 is 0 Å². The fourth-order valence-corrected chi connectivity index (χ4v) is 6.79. The maximum Gasteiger partial charge on any atom is 0.252 e. The van der Waals surface area contributed by atoms with Gasteiger partial charge in [0.15, 0.2) is 0 Å². The molecule has 0 spiro atoms. The van der Waals surface area contributed by atoms with E-state index in [1.165, 1.54) is 21.2 Å². The van der Waals surface area contributed by atoms with E-state index >= 15 is 0 Å². The molecule has 1 fully saturated rings. The molecule has 31 heavy (non-hydrogen) atoms. The van der Waals surface area contributed by atoms with Gasteiger partial charge in [0.05, 0.1) is 18.7 Å². The average molecular weight is 459 g/mol. The smallest absolute Gasteiger partial charge is 0.252 e. The van der Waals surface area contributed by atoms with E-state index in [0.717, 1.165) is 10.4 Å². The van der Waals surface area contributed by atoms with Gasteiger partial charge in [-0.3, -0.25) is 4.79 Å². The molecule has 0 saturated carbocycles. The zero-order valence-corrected chi connectivity index (χ0v) is 19.2. The molecule has 1 aromatic carbocycles. The third-order valence-corrected chi connectivity index (χ3v) is 8.78. The third-order valence-electron chi connectivity index (χ3n) is 5.45. The van der Waals surface area contributed by atoms with Crippen LogP contribution in [0.25, 0.3) is 0 Å². The van der Waals surface area contributed by atoms with Crippen molar-refractivity contribution >= 4 is 33.1 Å². The number of aromatic nitrogens is 2. The number of anilines is 1. The van der Waals surface area contributed by atoms with Crippen molar-refractivity contribution in [1.82, 2.24) is 14.1 Å². The molecular weight excluding hydrogens is 432 g/mol. The molecule has 1 aliphatic rings. The Labute approximate surface area is 186 Å². The molecule has 4 rings (SSSR count). The zero-order valence-electron chi connectivity index (χ0n) is 17.6. The first kappa shape index (κ1) is 21.7. The van der Waals surface area contributed by atoms with Crippen LogP contribution in [0.3, 0.4) is 0 Å². The summed E-state index contributed by atoms with van der Waals surface area (Å²) in [5.41, 5.74) is 2.26. The largest absolute Gasteiger partial charge is 0.311 e. The molecule has 7 nitrogen and oxygen atoms in total. The first-order valence-electron chi connectivity index (χ1n) is 10.3. The molecule has 1 N–H and O–H groups in total. The van der Waals surface area contributed by atoms with Crippen LogP contribution in [0.5, 0.6) is 0 Å². The first-order valence-corrected chi connectivity index (χ1v) is 12.5. The monoisotopic (exact) mass is 458 g/mol. The van der Waals surface area contributed by atoms with Crippen LogP contribution in [0.15, 0.2) is 52.9 Å². The molecule has 0 bridgehead atoms. The number of hydrogen-bond acceptors (Lipinski definition) is 5. The number of carbonyl (C=O) groups is 1. The van der Waals surface area contributed by atoms with Crippen LogP contribution >= 0.6 is 11.3 Å². The number of rotatable bonds is 6. The summed E-state index contributed by atoms with van der Waals surface area (Å²) in [4.78, 5) is 13.9. The van der Waals surface area contributed by atoms with E-state index in [2.05, 4.69) is 16.5 Å². The van der Waals surface area contributed by atoms with Gasteiger partial charge in [-0.05, 0) is 44.4 Å². The van der Waals surface area contributed by atoms with E-state index in [0.29, 0.717) is 36.0 Å². The summed E-state index contributed by atoms with van der Waals surface area (Å²) in [6.45, 7) is 5.10. The molecule has 1 aliphatic heterocycles. The quantitative estimate of drug-likeness (QED) is 0.611. The van der Waals surface area contributed by atoms with Crippen molar-refractivity contribution < 1.29 is 13.2 Å². The molecule has 0 radical (unpaired) electrons. The zero-order chi connectivity index (χ0) is 22.0. The topological polar surface area (TPSA) is 84.3 Å². The first-order chi connectivity index (χ1) is 14.8. The number of benzene rings is 1. The number of hydrogen-bond donors (Lipinski definition) is 1. The highest BCUT2D eigenvalue weighted by atomic mass is 32.2. The summed E-state index contributed by atoms with van der Waals surface area (Å²) in [7, 11) is -3.57. The van der Waals surface area contributed by atoms with Gasteiger partial charge in [0, 0.05) is 24.0 Å². The van der Waals surface area contributed by atoms with Crippen molar-refractivity contribution in [3.63, 3.8) is 0 Å². The van der Waals surface area contributed by atoms with Crippen LogP contribution in [0.4, 0.5) is 5.82 Å². The minimum absolute atomic E-state index is 0.173. The Balaban J connectivity index is 1.44. The van der Waals surface area contributed by atoms with Gasteiger partial charge in [-0.1, -0.05) is 29.8 Å². The van der Waals surface area contributed by atoms with E-state index in [9.17, 15) is 13.2 Å². The number of piperidine rings is 1. The third kappa shape index (κ3) is 4.89. The van der Waals surface area contributed by atoms with E-state index in [1.54, 1.807) is 29.1 Å². The minimum atomic E-state index is -3.57. The molecule has 3 heterocycles. The molecule has 1 unspecified atom stereocenters. The van der Waals surface area contributed by atoms with Crippen LogP contribution in [0.1, 0.15) is 28.8 Å². The number of thiophene rings is 1. The molecule has 1 atom stereocenters. The van der Waals surface area contributed by atoms with Crippen molar-refractivity contribution in [3.05, 3.63) is 64.7 Å². The maximum atomic E-state index is 13.0. The predicted molar refractivity (Wildman–Crippen MR) is 122 cm³/mol. The van der Waals surface area contributed by atoms with Crippen molar-refractivity contribution in [2.24, 2.45) is 5.92 Å². The van der Waals surface area contributed by atoms with Gasteiger partial charge in [-0.25, -0.2) is 13.1 Å². The number of carbonyl (C=O) groups excluding carboxylic acids is 1. The highest BCUT2D eigenvalue weighted by Crippen LogP contribution is 2.28. The van der Waals surface area contributed by atoms with Crippen molar-refractivity contribution in [3.8, 4) is 0 Å². The van der Waals surface area contributed by atoms with Crippen LogP contribution < -0.4 is 5.32 Å². The second kappa shape index (κ2) is 8.94. The summed E-state index contributed by atoms with van der Waals surface area (Å²) >= 11 is 1.26. The van der Waals surface area contributed by atoms with E-state index < -0.39 is 15.9 Å². The van der Waals surface area contributed by atoms with Gasteiger partial charge in [-0.2, -0.15) is 9.40 Å². The Hall–Kier alpha value is -2.49. The maximum absolute atomic E-state index is 13.0. The van der Waals surface area contributed by atoms with Crippen molar-refractivity contribution in [1.29, 1.82) is 0 Å². The second-order valence-electron chi connectivity index (χ2n) is 7.92. The summed E-state index contributed by atoms with van der Waals surface area (Å²) in [5, 5.41) is 7.29. The fraction of sp³-hybridized carbons (Fsp3) is 0.364. The molecule has 1 saturated heterocycles. The van der Waals surface area contributed by atoms with Crippen LogP contribution in [0.2, 0.25) is 0 Å². The molecule has 0 aliphatic carbocycles. The molecule has 164 valence electrons. The number of aryl methyl sites for hydroxylation is 2. The Morgan fingerprint density at radius 1 is 1.23 bits per heavy atom. The SMILES string of the molecule is Cc1cccc(Cn2nccc2NC(=O)C2CCCN(S(=O)(=O)c3ccc(C)s3)C2)c1. The van der Waals surface area contributed by atoms with Crippen molar-refractivity contribution in [2.75, 3.05) is 18.4 Å². The number of amides is 1. The highest BCUT2D eigenvalue weighted by molar-refractivity contribution is 7.91. The lowest BCUT2D eigenvalue weighted by molar-refractivity contribution is -0.120. The van der Waals surface area contributed by atoms with Gasteiger partial charge < -0.3 is 5.32 Å².